The van der Waals surface area contributed by atoms with Crippen LogP contribution in [0.4, 0.5) is 0 Å². The third kappa shape index (κ3) is 3.25. The summed E-state index contributed by atoms with van der Waals surface area (Å²) in [5.41, 5.74) is 0.509. The predicted molar refractivity (Wildman–Crippen MR) is 74.7 cm³/mol. The molecule has 1 aromatic carbocycles. The predicted octanol–water partition coefficient (Wildman–Crippen LogP) is 3.46. The monoisotopic (exact) mass is 311 g/mol. The lowest BCUT2D eigenvalue weighted by atomic mass is 9.87. The molecule has 0 aromatic heterocycles. The second-order valence-corrected chi connectivity index (χ2v) is 5.95. The van der Waals surface area contributed by atoms with Crippen LogP contribution in [0.3, 0.4) is 0 Å². The molecule has 0 atom stereocenters. The maximum Gasteiger partial charge on any atom is 0.251 e. The van der Waals surface area contributed by atoms with E-state index in [2.05, 4.69) is 28.2 Å². The van der Waals surface area contributed by atoms with Crippen molar-refractivity contribution in [1.29, 1.82) is 0 Å². The minimum atomic E-state index is -0.0997. The quantitative estimate of drug-likeness (QED) is 0.878. The number of benzene rings is 1. The fourth-order valence-electron chi connectivity index (χ4n) is 2.33. The lowest BCUT2D eigenvalue weighted by Gasteiger charge is -2.26. The molecule has 18 heavy (non-hydrogen) atoms. The van der Waals surface area contributed by atoms with E-state index in [1.807, 2.05) is 0 Å². The van der Waals surface area contributed by atoms with Gasteiger partial charge in [0, 0.05) is 11.6 Å². The van der Waals surface area contributed by atoms with Crippen molar-refractivity contribution >= 4 is 21.8 Å². The van der Waals surface area contributed by atoms with E-state index in [9.17, 15) is 9.90 Å². The Morgan fingerprint density at radius 2 is 2.00 bits per heavy atom. The van der Waals surface area contributed by atoms with Crippen LogP contribution < -0.4 is 5.32 Å². The van der Waals surface area contributed by atoms with Gasteiger partial charge < -0.3 is 10.4 Å². The number of hydrogen-bond acceptors (Lipinski definition) is 2. The molecule has 1 fully saturated rings. The summed E-state index contributed by atoms with van der Waals surface area (Å²) in [4.78, 5) is 12.0. The van der Waals surface area contributed by atoms with E-state index in [1.165, 1.54) is 18.9 Å². The third-order valence-corrected chi connectivity index (χ3v) is 4.23. The molecule has 1 aromatic rings. The highest BCUT2D eigenvalue weighted by atomic mass is 79.9. The second kappa shape index (κ2) is 5.74. The van der Waals surface area contributed by atoms with Crippen molar-refractivity contribution in [3.8, 4) is 5.75 Å². The minimum absolute atomic E-state index is 0.0971. The summed E-state index contributed by atoms with van der Waals surface area (Å²) in [6, 6.07) is 5.17. The van der Waals surface area contributed by atoms with E-state index < -0.39 is 0 Å². The van der Waals surface area contributed by atoms with Gasteiger partial charge in [-0.15, -0.1) is 0 Å². The lowest BCUT2D eigenvalue weighted by molar-refractivity contribution is 0.0922. The molecule has 1 saturated carbocycles. The van der Waals surface area contributed by atoms with Crippen LogP contribution >= 0.6 is 15.9 Å². The van der Waals surface area contributed by atoms with Gasteiger partial charge in [-0.05, 0) is 65.7 Å². The molecule has 1 aliphatic rings. The Bertz CT molecular complexity index is 439. The SMILES string of the molecule is CC1CCC(NC(=O)c2ccc(Br)c(O)c2)CC1. The number of carbonyl (C=O) groups is 1. The van der Waals surface area contributed by atoms with Crippen molar-refractivity contribution in [1.82, 2.24) is 5.32 Å². The number of hydrogen-bond donors (Lipinski definition) is 2. The zero-order valence-corrected chi connectivity index (χ0v) is 12.0. The maximum absolute atomic E-state index is 12.0. The fraction of sp³-hybridized carbons (Fsp3) is 0.500. The number of amides is 1. The van der Waals surface area contributed by atoms with Crippen molar-refractivity contribution in [2.75, 3.05) is 0 Å². The fourth-order valence-corrected chi connectivity index (χ4v) is 2.57. The summed E-state index contributed by atoms with van der Waals surface area (Å²) in [6.07, 6.45) is 4.46. The Hall–Kier alpha value is -1.03. The van der Waals surface area contributed by atoms with Crippen molar-refractivity contribution in [2.45, 2.75) is 38.6 Å². The van der Waals surface area contributed by atoms with Crippen molar-refractivity contribution in [2.24, 2.45) is 5.92 Å². The number of carbonyl (C=O) groups excluding carboxylic acids is 1. The summed E-state index contributed by atoms with van der Waals surface area (Å²) in [6.45, 7) is 2.25. The van der Waals surface area contributed by atoms with Crippen LogP contribution in [0.5, 0.6) is 5.75 Å². The molecule has 2 N–H and O–H groups in total. The number of phenols is 1. The highest BCUT2D eigenvalue weighted by Gasteiger charge is 2.20. The van der Waals surface area contributed by atoms with E-state index >= 15 is 0 Å². The van der Waals surface area contributed by atoms with Gasteiger partial charge in [-0.3, -0.25) is 4.79 Å². The standard InChI is InChI=1S/C14H18BrNO2/c1-9-2-5-11(6-3-9)16-14(18)10-4-7-12(15)13(17)8-10/h4,7-9,11,17H,2-3,5-6H2,1H3,(H,16,18). The van der Waals surface area contributed by atoms with E-state index in [4.69, 9.17) is 0 Å². The molecule has 0 unspecified atom stereocenters. The van der Waals surface area contributed by atoms with Gasteiger partial charge in [0.15, 0.2) is 0 Å². The molecular weight excluding hydrogens is 294 g/mol. The number of rotatable bonds is 2. The first kappa shape index (κ1) is 13.4. The highest BCUT2D eigenvalue weighted by molar-refractivity contribution is 9.10. The molecule has 0 saturated heterocycles. The molecule has 3 nitrogen and oxygen atoms in total. The highest BCUT2D eigenvalue weighted by Crippen LogP contribution is 2.26. The maximum atomic E-state index is 12.0. The largest absolute Gasteiger partial charge is 0.507 e. The van der Waals surface area contributed by atoms with Gasteiger partial charge in [-0.2, -0.15) is 0 Å². The molecule has 1 amide bonds. The average molecular weight is 312 g/mol. The Labute approximate surface area is 116 Å². The van der Waals surface area contributed by atoms with Crippen LogP contribution in [0.2, 0.25) is 0 Å². The molecule has 98 valence electrons. The van der Waals surface area contributed by atoms with Gasteiger partial charge >= 0.3 is 0 Å². The molecule has 0 heterocycles. The Balaban J connectivity index is 1.97. The first-order valence-corrected chi connectivity index (χ1v) is 7.15. The molecule has 0 spiro atoms. The average Bonchev–Trinajstić information content (AvgIpc) is 2.35. The Morgan fingerprint density at radius 1 is 1.33 bits per heavy atom. The van der Waals surface area contributed by atoms with Crippen molar-refractivity contribution in [3.05, 3.63) is 28.2 Å². The van der Waals surface area contributed by atoms with Crippen LogP contribution in [0.25, 0.3) is 0 Å². The number of phenolic OH excluding ortho intramolecular Hbond substituents is 1. The Kier molecular flexibility index (Phi) is 4.27. The van der Waals surface area contributed by atoms with E-state index in [-0.39, 0.29) is 17.7 Å². The zero-order chi connectivity index (χ0) is 13.1. The van der Waals surface area contributed by atoms with Gasteiger partial charge in [0.2, 0.25) is 0 Å². The van der Waals surface area contributed by atoms with Gasteiger partial charge in [0.05, 0.1) is 4.47 Å². The summed E-state index contributed by atoms with van der Waals surface area (Å²) < 4.78 is 0.602. The second-order valence-electron chi connectivity index (χ2n) is 5.10. The van der Waals surface area contributed by atoms with E-state index in [0.717, 1.165) is 18.8 Å². The normalized spacial score (nSPS) is 23.7. The minimum Gasteiger partial charge on any atom is -0.507 e. The molecule has 0 aliphatic heterocycles. The number of aromatic hydroxyl groups is 1. The first-order chi connectivity index (χ1) is 8.56. The van der Waals surface area contributed by atoms with Gasteiger partial charge in [0.25, 0.3) is 5.91 Å². The zero-order valence-electron chi connectivity index (χ0n) is 10.4. The van der Waals surface area contributed by atoms with Gasteiger partial charge in [0.1, 0.15) is 5.75 Å². The van der Waals surface area contributed by atoms with Crippen molar-refractivity contribution < 1.29 is 9.90 Å². The van der Waals surface area contributed by atoms with Gasteiger partial charge in [-0.1, -0.05) is 6.92 Å². The Morgan fingerprint density at radius 3 is 2.61 bits per heavy atom. The van der Waals surface area contributed by atoms with E-state index in [0.29, 0.717) is 10.0 Å². The summed E-state index contributed by atoms with van der Waals surface area (Å²) in [5.74, 6) is 0.771. The van der Waals surface area contributed by atoms with E-state index in [1.54, 1.807) is 12.1 Å². The van der Waals surface area contributed by atoms with Crippen molar-refractivity contribution in [3.63, 3.8) is 0 Å². The summed E-state index contributed by atoms with van der Waals surface area (Å²) >= 11 is 3.20. The summed E-state index contributed by atoms with van der Waals surface area (Å²) in [7, 11) is 0. The lowest BCUT2D eigenvalue weighted by Crippen LogP contribution is -2.37. The topological polar surface area (TPSA) is 49.3 Å². The third-order valence-electron chi connectivity index (χ3n) is 3.56. The van der Waals surface area contributed by atoms with Crippen LogP contribution in [-0.2, 0) is 0 Å². The first-order valence-electron chi connectivity index (χ1n) is 6.35. The molecule has 2 rings (SSSR count). The summed E-state index contributed by atoms with van der Waals surface area (Å²) in [5, 5.41) is 12.6. The molecule has 0 radical (unpaired) electrons. The number of halogens is 1. The smallest absolute Gasteiger partial charge is 0.251 e. The molecule has 0 bridgehead atoms. The van der Waals surface area contributed by atoms with Crippen LogP contribution in [0, 0.1) is 5.92 Å². The molecular formula is C14H18BrNO2. The van der Waals surface area contributed by atoms with Crippen LogP contribution in [0.15, 0.2) is 22.7 Å². The molecule has 4 heteroatoms. The van der Waals surface area contributed by atoms with Crippen LogP contribution in [-0.4, -0.2) is 17.1 Å². The number of nitrogens with one attached hydrogen (secondary N) is 1. The van der Waals surface area contributed by atoms with Crippen LogP contribution in [0.1, 0.15) is 43.0 Å². The van der Waals surface area contributed by atoms with Gasteiger partial charge in [-0.25, -0.2) is 0 Å². The molecule has 1 aliphatic carbocycles.